The minimum absolute atomic E-state index is 0.0387. The zero-order valence-electron chi connectivity index (χ0n) is 12.9. The van der Waals surface area contributed by atoms with Crippen molar-refractivity contribution in [2.45, 2.75) is 6.42 Å². The smallest absolute Gasteiger partial charge is 0.279 e. The molecule has 0 spiro atoms. The van der Waals surface area contributed by atoms with Gasteiger partial charge in [0.25, 0.3) is 5.91 Å². The molecule has 23 heavy (non-hydrogen) atoms. The van der Waals surface area contributed by atoms with Crippen molar-refractivity contribution in [2.75, 3.05) is 25.0 Å². The van der Waals surface area contributed by atoms with E-state index in [0.717, 1.165) is 19.5 Å². The van der Waals surface area contributed by atoms with Gasteiger partial charge in [-0.25, -0.2) is 4.39 Å². The molecular weight excluding hydrogens is 291 g/mol. The first kappa shape index (κ1) is 15.4. The van der Waals surface area contributed by atoms with Gasteiger partial charge in [-0.15, -0.1) is 0 Å². The average molecular weight is 311 g/mol. The molecule has 0 aromatic heterocycles. The number of benzene rings is 2. The third-order valence-electron chi connectivity index (χ3n) is 4.07. The largest absolute Gasteiger partial charge is 0.324 e. The normalized spacial score (nSPS) is 17.4. The lowest BCUT2D eigenvalue weighted by atomic mass is 10.00. The van der Waals surface area contributed by atoms with E-state index in [4.69, 9.17) is 0 Å². The molecule has 3 rings (SSSR count). The minimum Gasteiger partial charge on any atom is -0.324 e. The van der Waals surface area contributed by atoms with Gasteiger partial charge in [-0.2, -0.15) is 0 Å². The summed E-state index contributed by atoms with van der Waals surface area (Å²) in [5.74, 6) is -0.341. The number of rotatable bonds is 4. The molecule has 0 bridgehead atoms. The molecule has 0 radical (unpaired) electrons. The topological polar surface area (TPSA) is 33.5 Å². The number of quaternary nitrogens is 1. The van der Waals surface area contributed by atoms with Crippen LogP contribution in [0.25, 0.3) is 5.57 Å². The van der Waals surface area contributed by atoms with Crippen LogP contribution in [-0.2, 0) is 4.79 Å². The summed E-state index contributed by atoms with van der Waals surface area (Å²) in [6.45, 7) is 2.22. The van der Waals surface area contributed by atoms with Crippen molar-refractivity contribution in [3.63, 3.8) is 0 Å². The summed E-state index contributed by atoms with van der Waals surface area (Å²) in [4.78, 5) is 13.3. The lowest BCUT2D eigenvalue weighted by Gasteiger charge is -2.23. The molecule has 2 N–H and O–H groups in total. The van der Waals surface area contributed by atoms with E-state index in [-0.39, 0.29) is 11.7 Å². The number of amides is 1. The van der Waals surface area contributed by atoms with Crippen LogP contribution in [0.5, 0.6) is 0 Å². The van der Waals surface area contributed by atoms with Crippen LogP contribution in [0, 0.1) is 5.82 Å². The van der Waals surface area contributed by atoms with E-state index in [2.05, 4.69) is 23.5 Å². The van der Waals surface area contributed by atoms with E-state index in [1.807, 2.05) is 18.2 Å². The van der Waals surface area contributed by atoms with E-state index in [9.17, 15) is 9.18 Å². The Bertz CT molecular complexity index is 695. The lowest BCUT2D eigenvalue weighted by Crippen LogP contribution is -3.13. The summed E-state index contributed by atoms with van der Waals surface area (Å²) >= 11 is 0. The van der Waals surface area contributed by atoms with Gasteiger partial charge in [0.1, 0.15) is 5.82 Å². The Morgan fingerprint density at radius 3 is 2.48 bits per heavy atom. The van der Waals surface area contributed by atoms with Crippen molar-refractivity contribution in [1.82, 2.24) is 0 Å². The molecule has 3 nitrogen and oxygen atoms in total. The summed E-state index contributed by atoms with van der Waals surface area (Å²) in [5, 5.41) is 2.81. The number of hydrogen-bond acceptors (Lipinski definition) is 1. The van der Waals surface area contributed by atoms with Crippen LogP contribution in [0.3, 0.4) is 0 Å². The van der Waals surface area contributed by atoms with Gasteiger partial charge >= 0.3 is 0 Å². The summed E-state index contributed by atoms with van der Waals surface area (Å²) in [6, 6.07) is 16.2. The maximum Gasteiger partial charge on any atom is 0.279 e. The first-order valence-corrected chi connectivity index (χ1v) is 7.84. The number of halogens is 1. The third kappa shape index (κ3) is 4.27. The van der Waals surface area contributed by atoms with Gasteiger partial charge in [-0.1, -0.05) is 30.3 Å². The molecule has 1 heterocycles. The van der Waals surface area contributed by atoms with Gasteiger partial charge in [0, 0.05) is 12.1 Å². The van der Waals surface area contributed by atoms with Crippen molar-refractivity contribution in [3.8, 4) is 0 Å². The van der Waals surface area contributed by atoms with Crippen molar-refractivity contribution in [3.05, 3.63) is 72.1 Å². The molecule has 0 fully saturated rings. The Balaban J connectivity index is 1.53. The van der Waals surface area contributed by atoms with Gasteiger partial charge in [0.2, 0.25) is 0 Å². The number of hydrogen-bond donors (Lipinski definition) is 2. The Kier molecular flexibility index (Phi) is 4.83. The Labute approximate surface area is 135 Å². The highest BCUT2D eigenvalue weighted by molar-refractivity contribution is 5.91. The molecule has 1 atom stereocenters. The molecule has 0 saturated heterocycles. The second-order valence-electron chi connectivity index (χ2n) is 5.78. The average Bonchev–Trinajstić information content (AvgIpc) is 2.58. The quantitative estimate of drug-likeness (QED) is 0.891. The third-order valence-corrected chi connectivity index (χ3v) is 4.07. The van der Waals surface area contributed by atoms with Crippen LogP contribution in [0.2, 0.25) is 0 Å². The van der Waals surface area contributed by atoms with E-state index in [1.165, 1.54) is 28.2 Å². The van der Waals surface area contributed by atoms with E-state index in [0.29, 0.717) is 12.2 Å². The Morgan fingerprint density at radius 2 is 1.83 bits per heavy atom. The predicted octanol–water partition coefficient (Wildman–Crippen LogP) is 2.14. The maximum atomic E-state index is 12.9. The molecule has 0 aliphatic carbocycles. The monoisotopic (exact) mass is 311 g/mol. The fraction of sp³-hybridized carbons (Fsp3) is 0.211. The predicted molar refractivity (Wildman–Crippen MR) is 89.6 cm³/mol. The zero-order valence-corrected chi connectivity index (χ0v) is 12.9. The maximum absolute atomic E-state index is 12.9. The highest BCUT2D eigenvalue weighted by Gasteiger charge is 2.18. The van der Waals surface area contributed by atoms with Crippen LogP contribution in [0.15, 0.2) is 60.7 Å². The minimum atomic E-state index is -0.303. The van der Waals surface area contributed by atoms with E-state index >= 15 is 0 Å². The van der Waals surface area contributed by atoms with Crippen LogP contribution in [0.1, 0.15) is 12.0 Å². The number of carbonyl (C=O) groups is 1. The first-order valence-electron chi connectivity index (χ1n) is 7.84. The summed E-state index contributed by atoms with van der Waals surface area (Å²) in [7, 11) is 0. The SMILES string of the molecule is O=C(C[NH+]1CC=C(c2ccccc2)CC1)Nc1ccc(F)cc1. The van der Waals surface area contributed by atoms with Gasteiger partial charge in [0.05, 0.1) is 13.1 Å². The van der Waals surface area contributed by atoms with Gasteiger partial charge in [-0.3, -0.25) is 4.79 Å². The zero-order chi connectivity index (χ0) is 16.1. The molecule has 1 unspecified atom stereocenters. The molecule has 2 aromatic rings. The molecule has 0 saturated carbocycles. The molecule has 1 amide bonds. The second kappa shape index (κ2) is 7.20. The van der Waals surface area contributed by atoms with Crippen LogP contribution in [0.4, 0.5) is 10.1 Å². The highest BCUT2D eigenvalue weighted by Crippen LogP contribution is 2.17. The van der Waals surface area contributed by atoms with Crippen molar-refractivity contribution >= 4 is 17.2 Å². The first-order chi connectivity index (χ1) is 11.2. The number of anilines is 1. The molecule has 2 aromatic carbocycles. The molecule has 118 valence electrons. The Hall–Kier alpha value is -2.46. The van der Waals surface area contributed by atoms with Gasteiger partial charge < -0.3 is 10.2 Å². The van der Waals surface area contributed by atoms with E-state index in [1.54, 1.807) is 12.1 Å². The summed E-state index contributed by atoms with van der Waals surface area (Å²) in [5.41, 5.74) is 3.25. The van der Waals surface area contributed by atoms with Gasteiger partial charge in [0.15, 0.2) is 6.54 Å². The van der Waals surface area contributed by atoms with Crippen LogP contribution < -0.4 is 10.2 Å². The molecular formula is C19H20FN2O+. The number of carbonyl (C=O) groups excluding carboxylic acids is 1. The second-order valence-corrected chi connectivity index (χ2v) is 5.78. The van der Waals surface area contributed by atoms with Gasteiger partial charge in [-0.05, 0) is 41.5 Å². The molecule has 1 aliphatic heterocycles. The lowest BCUT2D eigenvalue weighted by molar-refractivity contribution is -0.886. The standard InChI is InChI=1S/C19H19FN2O/c20-17-6-8-18(9-7-17)21-19(23)14-22-12-10-16(11-13-22)15-4-2-1-3-5-15/h1-10H,11-14H2,(H,21,23)/p+1. The summed E-state index contributed by atoms with van der Waals surface area (Å²) < 4.78 is 12.9. The molecule has 4 heteroatoms. The van der Waals surface area contributed by atoms with Crippen molar-refractivity contribution in [1.29, 1.82) is 0 Å². The van der Waals surface area contributed by atoms with Crippen molar-refractivity contribution < 1.29 is 14.1 Å². The van der Waals surface area contributed by atoms with Crippen molar-refractivity contribution in [2.24, 2.45) is 0 Å². The highest BCUT2D eigenvalue weighted by atomic mass is 19.1. The molecule has 1 aliphatic rings. The number of nitrogens with one attached hydrogen (secondary N) is 2. The summed E-state index contributed by atoms with van der Waals surface area (Å²) in [6.07, 6.45) is 3.20. The Morgan fingerprint density at radius 1 is 1.09 bits per heavy atom. The van der Waals surface area contributed by atoms with Crippen LogP contribution >= 0.6 is 0 Å². The fourth-order valence-corrected chi connectivity index (χ4v) is 2.82. The van der Waals surface area contributed by atoms with Crippen LogP contribution in [-0.4, -0.2) is 25.5 Å². The van der Waals surface area contributed by atoms with E-state index < -0.39 is 0 Å². The fourth-order valence-electron chi connectivity index (χ4n) is 2.82.